The lowest BCUT2D eigenvalue weighted by molar-refractivity contribution is -0.143. The molecule has 3 N–H and O–H groups in total. The van der Waals surface area contributed by atoms with Crippen molar-refractivity contribution in [3.8, 4) is 0 Å². The molecule has 0 aromatic heterocycles. The van der Waals surface area contributed by atoms with Crippen LogP contribution in [0.2, 0.25) is 0 Å². The largest absolute Gasteiger partial charge is 0.392 e. The first-order valence-corrected chi connectivity index (χ1v) is 11.1. The van der Waals surface area contributed by atoms with Crippen molar-refractivity contribution in [2.45, 2.75) is 72.1 Å². The average molecular weight is 419 g/mol. The molecule has 0 aliphatic heterocycles. The van der Waals surface area contributed by atoms with Gasteiger partial charge in [0.05, 0.1) is 6.10 Å². The van der Waals surface area contributed by atoms with Crippen LogP contribution in [0.3, 0.4) is 0 Å². The molecule has 2 aliphatic rings. The SMILES string of the molecule is CC(=O)N[C@H]1CC[C@@]2(C)CC[C@H]([C@H](C)C(=O)NCc3ccc(F)cc3)[C@H](O)[C@H]2[C@H]1C. The van der Waals surface area contributed by atoms with Gasteiger partial charge in [0.15, 0.2) is 0 Å². The molecule has 0 spiro atoms. The van der Waals surface area contributed by atoms with Gasteiger partial charge in [-0.3, -0.25) is 9.59 Å². The summed E-state index contributed by atoms with van der Waals surface area (Å²) in [6, 6.07) is 6.15. The van der Waals surface area contributed by atoms with Crippen molar-refractivity contribution >= 4 is 11.8 Å². The maximum atomic E-state index is 13.1. The summed E-state index contributed by atoms with van der Waals surface area (Å²) in [6.07, 6.45) is 3.12. The molecule has 2 amide bonds. The summed E-state index contributed by atoms with van der Waals surface area (Å²) in [6.45, 7) is 8.13. The predicted molar refractivity (Wildman–Crippen MR) is 114 cm³/mol. The second-order valence-corrected chi connectivity index (χ2v) is 9.71. The van der Waals surface area contributed by atoms with E-state index in [1.165, 1.54) is 19.1 Å². The van der Waals surface area contributed by atoms with E-state index in [0.717, 1.165) is 31.2 Å². The van der Waals surface area contributed by atoms with E-state index in [0.29, 0.717) is 6.54 Å². The number of carbonyl (C=O) groups excluding carboxylic acids is 2. The molecule has 30 heavy (non-hydrogen) atoms. The number of carbonyl (C=O) groups is 2. The number of amides is 2. The van der Waals surface area contributed by atoms with E-state index in [1.54, 1.807) is 12.1 Å². The number of aliphatic hydroxyl groups excluding tert-OH is 1. The number of halogens is 1. The Balaban J connectivity index is 1.66. The minimum absolute atomic E-state index is 0.0363. The first kappa shape index (κ1) is 22.7. The fraction of sp³-hybridized carbons (Fsp3) is 0.667. The minimum atomic E-state index is -0.582. The molecule has 0 radical (unpaired) electrons. The molecule has 1 aromatic carbocycles. The molecule has 1 aromatic rings. The normalized spacial score (nSPS) is 34.5. The molecular formula is C24H35FN2O3. The highest BCUT2D eigenvalue weighted by atomic mass is 19.1. The van der Waals surface area contributed by atoms with Crippen LogP contribution in [-0.4, -0.2) is 29.1 Å². The third-order valence-electron chi connectivity index (χ3n) is 7.71. The predicted octanol–water partition coefficient (Wildman–Crippen LogP) is 3.41. The quantitative estimate of drug-likeness (QED) is 0.686. The number of fused-ring (bicyclic) bond motifs is 1. The van der Waals surface area contributed by atoms with Crippen molar-refractivity contribution in [3.63, 3.8) is 0 Å². The van der Waals surface area contributed by atoms with Gasteiger partial charge in [0, 0.05) is 25.4 Å². The molecule has 2 saturated carbocycles. The maximum Gasteiger partial charge on any atom is 0.223 e. The third kappa shape index (κ3) is 4.69. The summed E-state index contributed by atoms with van der Waals surface area (Å²) in [5.74, 6) is -0.659. The molecule has 5 nitrogen and oxygen atoms in total. The van der Waals surface area contributed by atoms with Crippen LogP contribution in [0.5, 0.6) is 0 Å². The fourth-order valence-electron chi connectivity index (χ4n) is 5.91. The second-order valence-electron chi connectivity index (χ2n) is 9.71. The molecule has 2 aliphatic carbocycles. The topological polar surface area (TPSA) is 78.4 Å². The van der Waals surface area contributed by atoms with Gasteiger partial charge in [0.1, 0.15) is 5.82 Å². The van der Waals surface area contributed by atoms with Crippen molar-refractivity contribution < 1.29 is 19.1 Å². The zero-order valence-corrected chi connectivity index (χ0v) is 18.5. The highest BCUT2D eigenvalue weighted by molar-refractivity contribution is 5.78. The number of nitrogens with one attached hydrogen (secondary N) is 2. The van der Waals surface area contributed by atoms with Gasteiger partial charge >= 0.3 is 0 Å². The van der Waals surface area contributed by atoms with Crippen LogP contribution in [-0.2, 0) is 16.1 Å². The van der Waals surface area contributed by atoms with Crippen LogP contribution < -0.4 is 10.6 Å². The van der Waals surface area contributed by atoms with E-state index in [4.69, 9.17) is 0 Å². The molecule has 0 unspecified atom stereocenters. The molecule has 166 valence electrons. The number of hydrogen-bond acceptors (Lipinski definition) is 3. The van der Waals surface area contributed by atoms with Crippen molar-refractivity contribution in [3.05, 3.63) is 35.6 Å². The highest BCUT2D eigenvalue weighted by Gasteiger charge is 2.53. The van der Waals surface area contributed by atoms with Crippen LogP contribution >= 0.6 is 0 Å². The molecule has 6 heteroatoms. The molecule has 0 heterocycles. The van der Waals surface area contributed by atoms with Gasteiger partial charge in [-0.1, -0.05) is 32.9 Å². The summed E-state index contributed by atoms with van der Waals surface area (Å²) in [5.41, 5.74) is 0.877. The van der Waals surface area contributed by atoms with Gasteiger partial charge in [-0.25, -0.2) is 4.39 Å². The van der Waals surface area contributed by atoms with Gasteiger partial charge in [-0.15, -0.1) is 0 Å². The Morgan fingerprint density at radius 1 is 1.23 bits per heavy atom. The van der Waals surface area contributed by atoms with Crippen molar-refractivity contribution in [2.24, 2.45) is 29.1 Å². The summed E-state index contributed by atoms with van der Waals surface area (Å²) >= 11 is 0. The van der Waals surface area contributed by atoms with Gasteiger partial charge in [-0.2, -0.15) is 0 Å². The van der Waals surface area contributed by atoms with E-state index in [9.17, 15) is 19.1 Å². The highest BCUT2D eigenvalue weighted by Crippen LogP contribution is 2.55. The Morgan fingerprint density at radius 2 is 1.87 bits per heavy atom. The number of rotatable bonds is 5. The monoisotopic (exact) mass is 418 g/mol. The lowest BCUT2D eigenvalue weighted by Crippen LogP contribution is -2.58. The Morgan fingerprint density at radius 3 is 2.50 bits per heavy atom. The van der Waals surface area contributed by atoms with Crippen molar-refractivity contribution in [1.29, 1.82) is 0 Å². The first-order chi connectivity index (χ1) is 14.1. The zero-order chi connectivity index (χ0) is 22.1. The Kier molecular flexibility index (Phi) is 6.85. The Hall–Kier alpha value is -1.95. The van der Waals surface area contributed by atoms with Gasteiger partial charge in [0.2, 0.25) is 11.8 Å². The molecule has 3 rings (SSSR count). The maximum absolute atomic E-state index is 13.1. The van der Waals surface area contributed by atoms with Crippen molar-refractivity contribution in [2.75, 3.05) is 0 Å². The van der Waals surface area contributed by atoms with E-state index >= 15 is 0 Å². The lowest BCUT2D eigenvalue weighted by Gasteiger charge is -2.56. The lowest BCUT2D eigenvalue weighted by atomic mass is 9.51. The number of aliphatic hydroxyl groups is 1. The molecule has 0 saturated heterocycles. The number of benzene rings is 1. The van der Waals surface area contributed by atoms with E-state index in [-0.39, 0.29) is 52.8 Å². The average Bonchev–Trinajstić information content (AvgIpc) is 2.69. The van der Waals surface area contributed by atoms with Crippen LogP contribution in [0.1, 0.15) is 58.9 Å². The van der Waals surface area contributed by atoms with Crippen LogP contribution in [0.25, 0.3) is 0 Å². The van der Waals surface area contributed by atoms with Crippen LogP contribution in [0, 0.1) is 34.9 Å². The van der Waals surface area contributed by atoms with Gasteiger partial charge in [-0.05, 0) is 66.5 Å². The zero-order valence-electron chi connectivity index (χ0n) is 18.5. The fourth-order valence-corrected chi connectivity index (χ4v) is 5.91. The smallest absolute Gasteiger partial charge is 0.223 e. The van der Waals surface area contributed by atoms with Crippen molar-refractivity contribution in [1.82, 2.24) is 10.6 Å². The molecule has 2 fully saturated rings. The molecular weight excluding hydrogens is 383 g/mol. The third-order valence-corrected chi connectivity index (χ3v) is 7.71. The van der Waals surface area contributed by atoms with E-state index < -0.39 is 6.10 Å². The van der Waals surface area contributed by atoms with Gasteiger partial charge in [0.25, 0.3) is 0 Å². The second kappa shape index (κ2) is 9.04. The Bertz CT molecular complexity index is 768. The van der Waals surface area contributed by atoms with Crippen LogP contribution in [0.15, 0.2) is 24.3 Å². The standard InChI is InChI=1S/C24H35FN2O3/c1-14(23(30)26-13-17-5-7-18(25)8-6-17)19-9-11-24(4)12-10-20(27-16(3)28)15(2)21(24)22(19)29/h5-8,14-15,19-22,29H,9-13H2,1-4H3,(H,26,30)(H,27,28)/t14-,15-,19+,20-,21+,22-,24+/m0/s1. The number of hydrogen-bond donors (Lipinski definition) is 3. The molecule has 0 bridgehead atoms. The van der Waals surface area contributed by atoms with Gasteiger partial charge < -0.3 is 15.7 Å². The van der Waals surface area contributed by atoms with E-state index in [1.807, 2.05) is 6.92 Å². The molecule has 7 atom stereocenters. The summed E-state index contributed by atoms with van der Waals surface area (Å²) in [5, 5.41) is 17.3. The minimum Gasteiger partial charge on any atom is -0.392 e. The Labute approximate surface area is 178 Å². The summed E-state index contributed by atoms with van der Waals surface area (Å²) in [4.78, 5) is 24.4. The first-order valence-electron chi connectivity index (χ1n) is 11.1. The summed E-state index contributed by atoms with van der Waals surface area (Å²) in [7, 11) is 0. The summed E-state index contributed by atoms with van der Waals surface area (Å²) < 4.78 is 13.1. The van der Waals surface area contributed by atoms with Crippen LogP contribution in [0.4, 0.5) is 4.39 Å². The van der Waals surface area contributed by atoms with E-state index in [2.05, 4.69) is 24.5 Å².